The number of carbonyl (C=O) groups is 1. The molecule has 0 aliphatic carbocycles. The van der Waals surface area contributed by atoms with Gasteiger partial charge in [-0.2, -0.15) is 0 Å². The van der Waals surface area contributed by atoms with Crippen molar-refractivity contribution in [2.45, 2.75) is 6.92 Å². The molecule has 0 spiro atoms. The molecule has 6 heteroatoms. The SMILES string of the molecule is Cc1cccc(NC(=S)Nc2ccc(NC(=O)c3ccccc3F)cc2)c1. The van der Waals surface area contributed by atoms with Gasteiger partial charge in [-0.1, -0.05) is 24.3 Å². The Kier molecular flexibility index (Phi) is 5.78. The average molecular weight is 379 g/mol. The van der Waals surface area contributed by atoms with Crippen molar-refractivity contribution in [2.24, 2.45) is 0 Å². The summed E-state index contributed by atoms with van der Waals surface area (Å²) < 4.78 is 13.7. The van der Waals surface area contributed by atoms with E-state index in [2.05, 4.69) is 16.0 Å². The van der Waals surface area contributed by atoms with Crippen molar-refractivity contribution in [3.63, 3.8) is 0 Å². The fourth-order valence-electron chi connectivity index (χ4n) is 2.50. The van der Waals surface area contributed by atoms with E-state index in [0.717, 1.165) is 16.9 Å². The van der Waals surface area contributed by atoms with Gasteiger partial charge in [0.15, 0.2) is 5.11 Å². The molecule has 3 N–H and O–H groups in total. The van der Waals surface area contributed by atoms with E-state index in [0.29, 0.717) is 10.8 Å². The minimum atomic E-state index is -0.555. The molecule has 4 nitrogen and oxygen atoms in total. The number of nitrogens with one attached hydrogen (secondary N) is 3. The Bertz CT molecular complexity index is 973. The van der Waals surface area contributed by atoms with Gasteiger partial charge in [0.25, 0.3) is 5.91 Å². The van der Waals surface area contributed by atoms with Crippen molar-refractivity contribution in [3.05, 3.63) is 89.7 Å². The highest BCUT2D eigenvalue weighted by Crippen LogP contribution is 2.16. The third kappa shape index (κ3) is 5.12. The maximum Gasteiger partial charge on any atom is 0.258 e. The lowest BCUT2D eigenvalue weighted by Crippen LogP contribution is -2.19. The molecule has 3 aromatic rings. The van der Waals surface area contributed by atoms with Gasteiger partial charge in [-0.15, -0.1) is 0 Å². The van der Waals surface area contributed by atoms with Gasteiger partial charge in [0.05, 0.1) is 5.56 Å². The Hall–Kier alpha value is -3.25. The van der Waals surface area contributed by atoms with Crippen LogP contribution in [0.3, 0.4) is 0 Å². The molecule has 0 aliphatic rings. The molecule has 0 unspecified atom stereocenters. The number of amides is 1. The van der Waals surface area contributed by atoms with Gasteiger partial charge in [-0.3, -0.25) is 4.79 Å². The number of rotatable bonds is 4. The summed E-state index contributed by atoms with van der Waals surface area (Å²) in [6, 6.07) is 20.7. The number of aryl methyl sites for hydroxylation is 1. The minimum Gasteiger partial charge on any atom is -0.332 e. The lowest BCUT2D eigenvalue weighted by Gasteiger charge is -2.12. The summed E-state index contributed by atoms with van der Waals surface area (Å²) in [5.41, 5.74) is 3.37. The molecular weight excluding hydrogens is 361 g/mol. The van der Waals surface area contributed by atoms with Crippen LogP contribution in [0, 0.1) is 12.7 Å². The number of hydrogen-bond acceptors (Lipinski definition) is 2. The van der Waals surface area contributed by atoms with Crippen molar-refractivity contribution >= 4 is 40.3 Å². The number of hydrogen-bond donors (Lipinski definition) is 3. The van der Waals surface area contributed by atoms with Crippen LogP contribution in [0.5, 0.6) is 0 Å². The fraction of sp³-hybridized carbons (Fsp3) is 0.0476. The van der Waals surface area contributed by atoms with Gasteiger partial charge >= 0.3 is 0 Å². The third-order valence-electron chi connectivity index (χ3n) is 3.80. The van der Waals surface area contributed by atoms with E-state index in [-0.39, 0.29) is 5.56 Å². The highest BCUT2D eigenvalue weighted by molar-refractivity contribution is 7.80. The quantitative estimate of drug-likeness (QED) is 0.546. The average Bonchev–Trinajstić information content (AvgIpc) is 2.63. The van der Waals surface area contributed by atoms with Crippen molar-refractivity contribution in [2.75, 3.05) is 16.0 Å². The van der Waals surface area contributed by atoms with Crippen molar-refractivity contribution in [1.82, 2.24) is 0 Å². The summed E-state index contributed by atoms with van der Waals surface area (Å²) in [7, 11) is 0. The zero-order valence-corrected chi connectivity index (χ0v) is 15.4. The number of benzene rings is 3. The predicted molar refractivity (Wildman–Crippen MR) is 112 cm³/mol. The second kappa shape index (κ2) is 8.42. The summed E-state index contributed by atoms with van der Waals surface area (Å²) in [4.78, 5) is 12.1. The first-order valence-corrected chi connectivity index (χ1v) is 8.73. The van der Waals surface area contributed by atoms with E-state index >= 15 is 0 Å². The van der Waals surface area contributed by atoms with E-state index in [1.54, 1.807) is 36.4 Å². The molecule has 136 valence electrons. The largest absolute Gasteiger partial charge is 0.332 e. The Labute approximate surface area is 162 Å². The first-order valence-electron chi connectivity index (χ1n) is 8.32. The molecule has 3 aromatic carbocycles. The van der Waals surface area contributed by atoms with E-state index < -0.39 is 11.7 Å². The van der Waals surface area contributed by atoms with Gasteiger partial charge < -0.3 is 16.0 Å². The van der Waals surface area contributed by atoms with Gasteiger partial charge in [-0.25, -0.2) is 4.39 Å². The Balaban J connectivity index is 1.59. The highest BCUT2D eigenvalue weighted by atomic mass is 32.1. The number of thiocarbonyl (C=S) groups is 1. The van der Waals surface area contributed by atoms with Gasteiger partial charge in [0.1, 0.15) is 5.82 Å². The van der Waals surface area contributed by atoms with Crippen LogP contribution in [0.4, 0.5) is 21.5 Å². The molecule has 0 saturated heterocycles. The molecule has 27 heavy (non-hydrogen) atoms. The van der Waals surface area contributed by atoms with Crippen LogP contribution in [-0.2, 0) is 0 Å². The lowest BCUT2D eigenvalue weighted by atomic mass is 10.2. The van der Waals surface area contributed by atoms with Crippen LogP contribution in [0.15, 0.2) is 72.8 Å². The smallest absolute Gasteiger partial charge is 0.258 e. The first-order chi connectivity index (χ1) is 13.0. The summed E-state index contributed by atoms with van der Waals surface area (Å²) in [5.74, 6) is -1.05. The van der Waals surface area contributed by atoms with Crippen LogP contribution in [0.1, 0.15) is 15.9 Å². The Morgan fingerprint density at radius 1 is 0.815 bits per heavy atom. The second-order valence-electron chi connectivity index (χ2n) is 5.96. The monoisotopic (exact) mass is 379 g/mol. The van der Waals surface area contributed by atoms with Crippen molar-refractivity contribution in [1.29, 1.82) is 0 Å². The summed E-state index contributed by atoms with van der Waals surface area (Å²) in [6.45, 7) is 2.01. The standard InChI is InChI=1S/C21H18FN3OS/c1-14-5-4-6-17(13-14)25-21(27)24-16-11-9-15(10-12-16)23-20(26)18-7-2-3-8-19(18)22/h2-13H,1H3,(H,23,26)(H2,24,25,27). The van der Waals surface area contributed by atoms with Crippen LogP contribution < -0.4 is 16.0 Å². The normalized spacial score (nSPS) is 10.1. The van der Waals surface area contributed by atoms with E-state index in [9.17, 15) is 9.18 Å². The number of carbonyl (C=O) groups excluding carboxylic acids is 1. The molecule has 0 heterocycles. The lowest BCUT2D eigenvalue weighted by molar-refractivity contribution is 0.102. The molecule has 0 aromatic heterocycles. The van der Waals surface area contributed by atoms with Crippen molar-refractivity contribution in [3.8, 4) is 0 Å². The molecule has 0 fully saturated rings. The Morgan fingerprint density at radius 3 is 2.11 bits per heavy atom. The molecule has 0 bridgehead atoms. The fourth-order valence-corrected chi connectivity index (χ4v) is 2.73. The zero-order valence-electron chi connectivity index (χ0n) is 14.6. The van der Waals surface area contributed by atoms with Gasteiger partial charge in [-0.05, 0) is 73.2 Å². The van der Waals surface area contributed by atoms with E-state index in [1.807, 2.05) is 31.2 Å². The van der Waals surface area contributed by atoms with E-state index in [4.69, 9.17) is 12.2 Å². The second-order valence-corrected chi connectivity index (χ2v) is 6.37. The highest BCUT2D eigenvalue weighted by Gasteiger charge is 2.10. The maximum atomic E-state index is 13.7. The van der Waals surface area contributed by atoms with E-state index in [1.165, 1.54) is 12.1 Å². The molecule has 0 atom stereocenters. The van der Waals surface area contributed by atoms with Crippen LogP contribution >= 0.6 is 12.2 Å². The van der Waals surface area contributed by atoms with Crippen LogP contribution in [0.2, 0.25) is 0 Å². The van der Waals surface area contributed by atoms with Crippen LogP contribution in [-0.4, -0.2) is 11.0 Å². The number of anilines is 3. The third-order valence-corrected chi connectivity index (χ3v) is 4.00. The summed E-state index contributed by atoms with van der Waals surface area (Å²) in [6.07, 6.45) is 0. The zero-order chi connectivity index (χ0) is 19.2. The summed E-state index contributed by atoms with van der Waals surface area (Å²) >= 11 is 5.31. The summed E-state index contributed by atoms with van der Waals surface area (Å²) in [5, 5.41) is 9.33. The first kappa shape index (κ1) is 18.5. The van der Waals surface area contributed by atoms with Crippen LogP contribution in [0.25, 0.3) is 0 Å². The molecule has 3 rings (SSSR count). The molecule has 1 amide bonds. The minimum absolute atomic E-state index is 0.00299. The van der Waals surface area contributed by atoms with Crippen molar-refractivity contribution < 1.29 is 9.18 Å². The predicted octanol–water partition coefficient (Wildman–Crippen LogP) is 5.20. The number of halogens is 1. The van der Waals surface area contributed by atoms with Gasteiger partial charge in [0, 0.05) is 17.1 Å². The van der Waals surface area contributed by atoms with Gasteiger partial charge in [0.2, 0.25) is 0 Å². The molecule has 0 aliphatic heterocycles. The molecular formula is C21H18FN3OS. The molecule has 0 radical (unpaired) electrons. The molecule has 0 saturated carbocycles. The topological polar surface area (TPSA) is 53.2 Å². The Morgan fingerprint density at radius 2 is 1.44 bits per heavy atom. The maximum absolute atomic E-state index is 13.7.